The number of aromatic nitrogens is 1. The lowest BCUT2D eigenvalue weighted by Gasteiger charge is -2.37. The number of nitrogens with zero attached hydrogens (tertiary/aromatic N) is 3. The molecule has 35 heavy (non-hydrogen) atoms. The van der Waals surface area contributed by atoms with Gasteiger partial charge in [-0.05, 0) is 76.6 Å². The third kappa shape index (κ3) is 6.45. The fourth-order valence-corrected chi connectivity index (χ4v) is 5.12. The molecule has 4 rings (SSSR count). The van der Waals surface area contributed by atoms with Crippen LogP contribution in [0.5, 0.6) is 0 Å². The summed E-state index contributed by atoms with van der Waals surface area (Å²) in [7, 11) is 6.33. The Morgan fingerprint density at radius 3 is 2.06 bits per heavy atom. The molecule has 0 saturated carbocycles. The fraction of sp³-hybridized carbons (Fsp3) is 0.419. The van der Waals surface area contributed by atoms with Crippen molar-refractivity contribution in [2.75, 3.05) is 27.7 Å². The number of benzene rings is 2. The van der Waals surface area contributed by atoms with Crippen molar-refractivity contribution >= 4 is 5.78 Å². The topological polar surface area (TPSA) is 36.4 Å². The highest BCUT2D eigenvalue weighted by Crippen LogP contribution is 2.39. The number of Topliss-reactive ketones (excluding diaryl/α,β-unsaturated/α-hetero) is 1. The van der Waals surface area contributed by atoms with Crippen LogP contribution < -0.4 is 0 Å². The molecule has 1 unspecified atom stereocenters. The maximum Gasteiger partial charge on any atom is 0.147 e. The number of likely N-dealkylation sites (tertiary alicyclic amines) is 1. The van der Waals surface area contributed by atoms with E-state index < -0.39 is 5.41 Å². The summed E-state index contributed by atoms with van der Waals surface area (Å²) in [5, 5.41) is 0. The molecule has 2 heterocycles. The van der Waals surface area contributed by atoms with Crippen LogP contribution in [0.1, 0.15) is 62.3 Å². The van der Waals surface area contributed by atoms with Gasteiger partial charge in [-0.2, -0.15) is 0 Å². The van der Waals surface area contributed by atoms with E-state index in [9.17, 15) is 4.79 Å². The van der Waals surface area contributed by atoms with E-state index in [1.807, 2.05) is 61.8 Å². The van der Waals surface area contributed by atoms with Crippen LogP contribution in [-0.4, -0.2) is 54.3 Å². The van der Waals surface area contributed by atoms with Gasteiger partial charge in [-0.15, -0.1) is 0 Å². The predicted octanol–water partition coefficient (Wildman–Crippen LogP) is 6.14. The fourth-order valence-electron chi connectivity index (χ4n) is 5.12. The van der Waals surface area contributed by atoms with Gasteiger partial charge >= 0.3 is 0 Å². The highest BCUT2D eigenvalue weighted by atomic mass is 16.1. The molecule has 2 aromatic carbocycles. The number of rotatable bonds is 8. The minimum Gasteiger partial charge on any atom is -0.307 e. The molecule has 0 N–H and O–H groups in total. The number of hydrogen-bond donors (Lipinski definition) is 0. The lowest BCUT2D eigenvalue weighted by molar-refractivity contribution is -0.123. The molecule has 0 amide bonds. The summed E-state index contributed by atoms with van der Waals surface area (Å²) in [4.78, 5) is 21.9. The van der Waals surface area contributed by atoms with Crippen molar-refractivity contribution in [3.8, 4) is 0 Å². The maximum atomic E-state index is 13.2. The third-order valence-corrected chi connectivity index (χ3v) is 7.40. The summed E-state index contributed by atoms with van der Waals surface area (Å²) >= 11 is 0. The average molecular weight is 472 g/mol. The first kappa shape index (κ1) is 26.8. The second kappa shape index (κ2) is 12.8. The predicted molar refractivity (Wildman–Crippen MR) is 146 cm³/mol. The van der Waals surface area contributed by atoms with Gasteiger partial charge in [-0.3, -0.25) is 14.7 Å². The zero-order valence-electron chi connectivity index (χ0n) is 22.0. The quantitative estimate of drug-likeness (QED) is 0.395. The Labute approximate surface area is 212 Å². The van der Waals surface area contributed by atoms with Gasteiger partial charge in [0, 0.05) is 30.9 Å². The molecule has 3 aromatic rings. The molecular weight excluding hydrogens is 430 g/mol. The van der Waals surface area contributed by atoms with Crippen molar-refractivity contribution in [3.05, 3.63) is 102 Å². The average Bonchev–Trinajstić information content (AvgIpc) is 3.34. The smallest absolute Gasteiger partial charge is 0.147 e. The van der Waals surface area contributed by atoms with E-state index in [1.54, 1.807) is 0 Å². The minimum absolute atomic E-state index is 0.281. The summed E-state index contributed by atoms with van der Waals surface area (Å²) in [5.74, 6) is 0.281. The zero-order valence-corrected chi connectivity index (χ0v) is 22.0. The standard InChI is InChI=1S/C21H27NO.C10H14N2/c1-5-20(23)21(16-17(2)22(3)4,18-12-8-6-9-13-18)19-14-10-7-11-15-19;1-12-7-3-5-10(12)9-4-2-6-11-8-9/h6-15,17H,5,16H2,1-4H3;2,4,6,8,10H,3,5,7H2,1H3/t;10-/m.0/s1. The van der Waals surface area contributed by atoms with Crippen molar-refractivity contribution < 1.29 is 4.79 Å². The highest BCUT2D eigenvalue weighted by molar-refractivity contribution is 5.93. The van der Waals surface area contributed by atoms with Gasteiger partial charge in [0.05, 0.1) is 5.41 Å². The third-order valence-electron chi connectivity index (χ3n) is 7.40. The molecule has 0 radical (unpaired) electrons. The first-order chi connectivity index (χ1) is 16.9. The van der Waals surface area contributed by atoms with Gasteiger partial charge in [0.25, 0.3) is 0 Å². The van der Waals surface area contributed by atoms with E-state index >= 15 is 0 Å². The van der Waals surface area contributed by atoms with Crippen LogP contribution in [0.3, 0.4) is 0 Å². The molecule has 1 fully saturated rings. The van der Waals surface area contributed by atoms with Crippen LogP contribution in [-0.2, 0) is 10.2 Å². The molecular formula is C31H41N3O. The maximum absolute atomic E-state index is 13.2. The van der Waals surface area contributed by atoms with Crippen LogP contribution >= 0.6 is 0 Å². The second-order valence-electron chi connectivity index (χ2n) is 9.86. The molecule has 0 spiro atoms. The Hall–Kier alpha value is -2.82. The lowest BCUT2D eigenvalue weighted by atomic mass is 9.67. The number of carbonyl (C=O) groups excluding carboxylic acids is 1. The largest absolute Gasteiger partial charge is 0.307 e. The van der Waals surface area contributed by atoms with Crippen molar-refractivity contribution in [2.24, 2.45) is 0 Å². The van der Waals surface area contributed by atoms with Crippen molar-refractivity contribution in [1.82, 2.24) is 14.8 Å². The summed E-state index contributed by atoms with van der Waals surface area (Å²) in [6.07, 6.45) is 7.72. The number of pyridine rings is 1. The minimum atomic E-state index is -0.582. The first-order valence-corrected chi connectivity index (χ1v) is 12.8. The first-order valence-electron chi connectivity index (χ1n) is 12.8. The van der Waals surface area contributed by atoms with Crippen molar-refractivity contribution in [2.45, 2.75) is 57.0 Å². The SMILES string of the molecule is CCC(=O)C(CC(C)N(C)C)(c1ccccc1)c1ccccc1.CN1CCC[C@H]1c1cccnc1. The summed E-state index contributed by atoms with van der Waals surface area (Å²) in [5.41, 5.74) is 2.96. The Kier molecular flexibility index (Phi) is 9.76. The Morgan fingerprint density at radius 1 is 1.03 bits per heavy atom. The van der Waals surface area contributed by atoms with Crippen LogP contribution in [0.4, 0.5) is 0 Å². The molecule has 1 aliphatic rings. The van der Waals surface area contributed by atoms with E-state index in [0.29, 0.717) is 18.5 Å². The number of hydrogen-bond acceptors (Lipinski definition) is 4. The highest BCUT2D eigenvalue weighted by Gasteiger charge is 2.41. The summed E-state index contributed by atoms with van der Waals surface area (Å²) in [6.45, 7) is 5.37. The second-order valence-corrected chi connectivity index (χ2v) is 9.86. The number of ketones is 1. The molecule has 0 bridgehead atoms. The van der Waals surface area contributed by atoms with E-state index in [0.717, 1.165) is 17.5 Å². The Balaban J connectivity index is 0.000000237. The monoisotopic (exact) mass is 471 g/mol. The van der Waals surface area contributed by atoms with Gasteiger partial charge in [-0.25, -0.2) is 0 Å². The van der Waals surface area contributed by atoms with E-state index in [4.69, 9.17) is 0 Å². The van der Waals surface area contributed by atoms with E-state index in [1.165, 1.54) is 24.9 Å². The molecule has 4 heteroatoms. The Bertz CT molecular complexity index is 981. The summed E-state index contributed by atoms with van der Waals surface area (Å²) in [6, 6.07) is 25.5. The Morgan fingerprint density at radius 2 is 1.63 bits per heavy atom. The van der Waals surface area contributed by atoms with Crippen molar-refractivity contribution in [3.63, 3.8) is 0 Å². The van der Waals surface area contributed by atoms with Crippen LogP contribution in [0.2, 0.25) is 0 Å². The lowest BCUT2D eigenvalue weighted by Crippen LogP contribution is -2.42. The van der Waals surface area contributed by atoms with Crippen molar-refractivity contribution in [1.29, 1.82) is 0 Å². The molecule has 2 atom stereocenters. The summed E-state index contributed by atoms with van der Waals surface area (Å²) < 4.78 is 0. The van der Waals surface area contributed by atoms with Gasteiger partial charge < -0.3 is 4.90 Å². The van der Waals surface area contributed by atoms with Crippen LogP contribution in [0.15, 0.2) is 85.2 Å². The molecule has 4 nitrogen and oxygen atoms in total. The van der Waals surface area contributed by atoms with Crippen LogP contribution in [0.25, 0.3) is 0 Å². The van der Waals surface area contributed by atoms with Gasteiger partial charge in [0.2, 0.25) is 0 Å². The van der Waals surface area contributed by atoms with E-state index in [-0.39, 0.29) is 5.78 Å². The van der Waals surface area contributed by atoms with Gasteiger partial charge in [0.1, 0.15) is 5.78 Å². The molecule has 0 aliphatic carbocycles. The van der Waals surface area contributed by atoms with E-state index in [2.05, 4.69) is 73.2 Å². The number of carbonyl (C=O) groups is 1. The molecule has 186 valence electrons. The molecule has 1 aromatic heterocycles. The van der Waals surface area contributed by atoms with Gasteiger partial charge in [-0.1, -0.05) is 73.7 Å². The van der Waals surface area contributed by atoms with Crippen LogP contribution in [0, 0.1) is 0 Å². The molecule has 1 aliphatic heterocycles. The zero-order chi connectivity index (χ0) is 25.3. The van der Waals surface area contributed by atoms with Gasteiger partial charge in [0.15, 0.2) is 0 Å². The molecule has 1 saturated heterocycles. The normalized spacial score (nSPS) is 17.0.